The summed E-state index contributed by atoms with van der Waals surface area (Å²) in [4.78, 5) is 12.2. The summed E-state index contributed by atoms with van der Waals surface area (Å²) >= 11 is 11.9. The van der Waals surface area contributed by atoms with Gasteiger partial charge >= 0.3 is 0 Å². The highest BCUT2D eigenvalue weighted by Crippen LogP contribution is 2.25. The fourth-order valence-electron chi connectivity index (χ4n) is 1.87. The molecule has 1 atom stereocenters. The van der Waals surface area contributed by atoms with Crippen LogP contribution in [0.4, 0.5) is 11.4 Å². The van der Waals surface area contributed by atoms with Gasteiger partial charge in [-0.1, -0.05) is 41.4 Å². The van der Waals surface area contributed by atoms with Crippen LogP contribution >= 0.6 is 23.2 Å². The molecule has 2 rings (SSSR count). The fraction of sp³-hybridized carbons (Fsp3) is 0.188. The minimum Gasteiger partial charge on any atom is -0.374 e. The third kappa shape index (κ3) is 4.13. The van der Waals surface area contributed by atoms with E-state index in [0.717, 1.165) is 11.3 Å². The van der Waals surface area contributed by atoms with Gasteiger partial charge in [0.25, 0.3) is 0 Å². The van der Waals surface area contributed by atoms with Gasteiger partial charge in [0, 0.05) is 10.7 Å². The summed E-state index contributed by atoms with van der Waals surface area (Å²) in [5.74, 6) is -0.178. The first kappa shape index (κ1) is 15.7. The molecule has 0 heterocycles. The van der Waals surface area contributed by atoms with Gasteiger partial charge in [0.2, 0.25) is 5.91 Å². The van der Waals surface area contributed by atoms with E-state index in [-0.39, 0.29) is 5.91 Å². The molecule has 0 aliphatic heterocycles. The molecule has 0 saturated heterocycles. The Morgan fingerprint density at radius 3 is 2.52 bits per heavy atom. The average molecular weight is 323 g/mol. The molecule has 2 N–H and O–H groups in total. The van der Waals surface area contributed by atoms with Crippen LogP contribution < -0.4 is 10.6 Å². The number of carbonyl (C=O) groups excluding carboxylic acids is 1. The quantitative estimate of drug-likeness (QED) is 0.853. The number of rotatable bonds is 4. The summed E-state index contributed by atoms with van der Waals surface area (Å²) in [5, 5.41) is 6.93. The molecule has 5 heteroatoms. The smallest absolute Gasteiger partial charge is 0.246 e. The molecule has 0 aromatic heterocycles. The van der Waals surface area contributed by atoms with E-state index in [1.54, 1.807) is 25.1 Å². The van der Waals surface area contributed by atoms with Gasteiger partial charge in [-0.25, -0.2) is 0 Å². The van der Waals surface area contributed by atoms with Crippen LogP contribution in [0.3, 0.4) is 0 Å². The van der Waals surface area contributed by atoms with E-state index in [2.05, 4.69) is 10.6 Å². The predicted octanol–water partition coefficient (Wildman–Crippen LogP) is 4.74. The average Bonchev–Trinajstić information content (AvgIpc) is 2.45. The van der Waals surface area contributed by atoms with E-state index < -0.39 is 6.04 Å². The van der Waals surface area contributed by atoms with Gasteiger partial charge < -0.3 is 10.6 Å². The lowest BCUT2D eigenvalue weighted by Gasteiger charge is -2.17. The zero-order chi connectivity index (χ0) is 15.4. The molecule has 0 radical (unpaired) electrons. The number of carbonyl (C=O) groups is 1. The molecule has 0 bridgehead atoms. The fourth-order valence-corrected chi connectivity index (χ4v) is 2.20. The van der Waals surface area contributed by atoms with E-state index in [1.807, 2.05) is 31.2 Å². The Morgan fingerprint density at radius 2 is 1.81 bits per heavy atom. The lowest BCUT2D eigenvalue weighted by atomic mass is 10.2. The number of para-hydroxylation sites is 1. The number of halogens is 2. The lowest BCUT2D eigenvalue weighted by Crippen LogP contribution is -2.32. The molecule has 0 unspecified atom stereocenters. The van der Waals surface area contributed by atoms with Crippen LogP contribution in [0.2, 0.25) is 10.0 Å². The molecule has 0 aliphatic rings. The van der Waals surface area contributed by atoms with Gasteiger partial charge in [0.1, 0.15) is 6.04 Å². The zero-order valence-electron chi connectivity index (χ0n) is 11.8. The van der Waals surface area contributed by atoms with E-state index in [9.17, 15) is 4.79 Å². The Bertz CT molecular complexity index is 658. The molecule has 0 aliphatic carbocycles. The van der Waals surface area contributed by atoms with Crippen molar-refractivity contribution < 1.29 is 4.79 Å². The topological polar surface area (TPSA) is 41.1 Å². The van der Waals surface area contributed by atoms with Crippen LogP contribution in [0.1, 0.15) is 12.5 Å². The van der Waals surface area contributed by atoms with Gasteiger partial charge in [0.05, 0.1) is 10.7 Å². The summed E-state index contributed by atoms with van der Waals surface area (Å²) in [5.41, 5.74) is 2.52. The Balaban J connectivity index is 2.06. The van der Waals surface area contributed by atoms with Crippen LogP contribution in [-0.4, -0.2) is 11.9 Å². The van der Waals surface area contributed by atoms with Gasteiger partial charge in [0.15, 0.2) is 0 Å². The largest absolute Gasteiger partial charge is 0.374 e. The summed E-state index contributed by atoms with van der Waals surface area (Å²) < 4.78 is 0. The minimum absolute atomic E-state index is 0.178. The highest BCUT2D eigenvalue weighted by molar-refractivity contribution is 6.35. The molecule has 3 nitrogen and oxygen atoms in total. The monoisotopic (exact) mass is 322 g/mol. The second-order valence-electron chi connectivity index (χ2n) is 4.79. The number of aryl methyl sites for hydroxylation is 1. The molecule has 2 aromatic carbocycles. The van der Waals surface area contributed by atoms with Crippen LogP contribution in [0.25, 0.3) is 0 Å². The summed E-state index contributed by atoms with van der Waals surface area (Å²) in [6.45, 7) is 3.78. The Morgan fingerprint density at radius 1 is 1.10 bits per heavy atom. The van der Waals surface area contributed by atoms with Crippen LogP contribution in [0, 0.1) is 6.92 Å². The van der Waals surface area contributed by atoms with E-state index in [0.29, 0.717) is 15.7 Å². The van der Waals surface area contributed by atoms with Gasteiger partial charge in [-0.3, -0.25) is 4.79 Å². The maximum absolute atomic E-state index is 12.2. The van der Waals surface area contributed by atoms with Gasteiger partial charge in [-0.15, -0.1) is 0 Å². The number of amides is 1. The number of anilines is 2. The van der Waals surface area contributed by atoms with Crippen LogP contribution in [0.15, 0.2) is 42.5 Å². The van der Waals surface area contributed by atoms with Crippen molar-refractivity contribution in [3.63, 3.8) is 0 Å². The number of nitrogens with one attached hydrogen (secondary N) is 2. The zero-order valence-corrected chi connectivity index (χ0v) is 13.3. The van der Waals surface area contributed by atoms with E-state index in [4.69, 9.17) is 23.2 Å². The lowest BCUT2D eigenvalue weighted by molar-refractivity contribution is -0.116. The number of hydrogen-bond acceptors (Lipinski definition) is 2. The van der Waals surface area contributed by atoms with Crippen molar-refractivity contribution in [1.82, 2.24) is 0 Å². The Kier molecular flexibility index (Phi) is 5.10. The molecular weight excluding hydrogens is 307 g/mol. The molecule has 0 saturated carbocycles. The van der Waals surface area contributed by atoms with Crippen molar-refractivity contribution in [2.24, 2.45) is 0 Å². The molecular formula is C16H16Cl2N2O. The second-order valence-corrected chi connectivity index (χ2v) is 5.64. The summed E-state index contributed by atoms with van der Waals surface area (Å²) in [6, 6.07) is 12.4. The van der Waals surface area contributed by atoms with E-state index >= 15 is 0 Å². The first-order chi connectivity index (χ1) is 9.97. The SMILES string of the molecule is Cc1ccccc1N[C@H](C)C(=O)Nc1cc(Cl)ccc1Cl. The molecule has 2 aromatic rings. The van der Waals surface area contributed by atoms with E-state index in [1.165, 1.54) is 0 Å². The van der Waals surface area contributed by atoms with Crippen molar-refractivity contribution in [3.05, 3.63) is 58.1 Å². The highest BCUT2D eigenvalue weighted by atomic mass is 35.5. The van der Waals surface area contributed by atoms with Crippen molar-refractivity contribution in [2.75, 3.05) is 10.6 Å². The Hall–Kier alpha value is -1.71. The number of benzene rings is 2. The molecule has 0 spiro atoms. The van der Waals surface area contributed by atoms with Crippen molar-refractivity contribution >= 4 is 40.5 Å². The summed E-state index contributed by atoms with van der Waals surface area (Å²) in [6.07, 6.45) is 0. The van der Waals surface area contributed by atoms with Crippen molar-refractivity contribution in [3.8, 4) is 0 Å². The first-order valence-corrected chi connectivity index (χ1v) is 7.31. The third-order valence-corrected chi connectivity index (χ3v) is 3.66. The standard InChI is InChI=1S/C16H16Cl2N2O/c1-10-5-3-4-6-14(10)19-11(2)16(21)20-15-9-12(17)7-8-13(15)18/h3-9,11,19H,1-2H3,(H,20,21)/t11-/m1/s1. The van der Waals surface area contributed by atoms with Crippen LogP contribution in [0.5, 0.6) is 0 Å². The van der Waals surface area contributed by atoms with Crippen LogP contribution in [-0.2, 0) is 4.79 Å². The maximum Gasteiger partial charge on any atom is 0.246 e. The van der Waals surface area contributed by atoms with Gasteiger partial charge in [-0.05, 0) is 43.7 Å². The second kappa shape index (κ2) is 6.83. The highest BCUT2D eigenvalue weighted by Gasteiger charge is 2.15. The number of hydrogen-bond donors (Lipinski definition) is 2. The maximum atomic E-state index is 12.2. The molecule has 110 valence electrons. The normalized spacial score (nSPS) is 11.8. The third-order valence-electron chi connectivity index (χ3n) is 3.10. The summed E-state index contributed by atoms with van der Waals surface area (Å²) in [7, 11) is 0. The predicted molar refractivity (Wildman–Crippen MR) is 89.4 cm³/mol. The first-order valence-electron chi connectivity index (χ1n) is 6.55. The van der Waals surface area contributed by atoms with Gasteiger partial charge in [-0.2, -0.15) is 0 Å². The minimum atomic E-state index is -0.402. The van der Waals surface area contributed by atoms with Crippen molar-refractivity contribution in [2.45, 2.75) is 19.9 Å². The molecule has 0 fully saturated rings. The molecule has 21 heavy (non-hydrogen) atoms. The Labute approximate surface area is 134 Å². The van der Waals surface area contributed by atoms with Crippen molar-refractivity contribution in [1.29, 1.82) is 0 Å². The molecule has 1 amide bonds.